The van der Waals surface area contributed by atoms with Crippen LogP contribution in [-0.4, -0.2) is 72.9 Å². The van der Waals surface area contributed by atoms with E-state index in [1.807, 2.05) is 0 Å². The molecule has 194 valence electrons. The lowest BCUT2D eigenvalue weighted by Gasteiger charge is -2.26. The van der Waals surface area contributed by atoms with E-state index in [1.165, 1.54) is 24.5 Å². The van der Waals surface area contributed by atoms with Gasteiger partial charge in [0.2, 0.25) is 0 Å². The molecule has 1 atom stereocenters. The topological polar surface area (TPSA) is 143 Å². The van der Waals surface area contributed by atoms with Gasteiger partial charge in [0.1, 0.15) is 11.4 Å². The molecule has 0 bridgehead atoms. The lowest BCUT2D eigenvalue weighted by molar-refractivity contribution is -0.0500. The lowest BCUT2D eigenvalue weighted by Crippen LogP contribution is -2.47. The summed E-state index contributed by atoms with van der Waals surface area (Å²) in [5, 5.41) is 14.8. The molecule has 2 aromatic rings. The normalized spacial score (nSPS) is 21.8. The fourth-order valence-corrected chi connectivity index (χ4v) is 6.38. The van der Waals surface area contributed by atoms with Gasteiger partial charge in [-0.25, -0.2) is 8.42 Å². The molecule has 4 rings (SSSR count). The first-order chi connectivity index (χ1) is 17.0. The minimum atomic E-state index is -3.22. The Balaban J connectivity index is 1.63. The van der Waals surface area contributed by atoms with E-state index < -0.39 is 27.9 Å². The number of rotatable bonds is 8. The van der Waals surface area contributed by atoms with Gasteiger partial charge in [0.25, 0.3) is 5.91 Å². The van der Waals surface area contributed by atoms with Crippen LogP contribution in [-0.2, 0) is 14.6 Å². The molecule has 2 aliphatic rings. The van der Waals surface area contributed by atoms with Crippen molar-refractivity contribution in [1.82, 2.24) is 15.3 Å². The van der Waals surface area contributed by atoms with Crippen molar-refractivity contribution in [3.63, 3.8) is 0 Å². The zero-order valence-corrected chi connectivity index (χ0v) is 20.4. The third kappa shape index (κ3) is 6.32. The van der Waals surface area contributed by atoms with E-state index in [0.29, 0.717) is 43.7 Å². The van der Waals surface area contributed by atoms with Crippen molar-refractivity contribution in [3.05, 3.63) is 47.5 Å². The van der Waals surface area contributed by atoms with E-state index in [-0.39, 0.29) is 40.3 Å². The van der Waals surface area contributed by atoms with E-state index >= 15 is 0 Å². The van der Waals surface area contributed by atoms with Crippen molar-refractivity contribution in [2.45, 2.75) is 44.4 Å². The Bertz CT molecular complexity index is 1250. The third-order valence-corrected chi connectivity index (χ3v) is 8.04. The summed E-state index contributed by atoms with van der Waals surface area (Å²) < 4.78 is 58.9. The summed E-state index contributed by atoms with van der Waals surface area (Å²) in [4.78, 5) is 21.1. The molecule has 0 saturated carbocycles. The molecule has 2 fully saturated rings. The zero-order valence-electron chi connectivity index (χ0n) is 19.6. The van der Waals surface area contributed by atoms with E-state index in [4.69, 9.17) is 10.1 Å². The molecule has 1 amide bonds. The number of anilines is 1. The number of carbonyl (C=O) groups is 1. The Hall–Kier alpha value is -3.19. The molecule has 10 nitrogen and oxygen atoms in total. The Labute approximate surface area is 207 Å². The van der Waals surface area contributed by atoms with Crippen LogP contribution in [0.15, 0.2) is 30.7 Å². The molecular weight excluding hydrogens is 496 g/mol. The van der Waals surface area contributed by atoms with Crippen molar-refractivity contribution in [1.29, 1.82) is 5.41 Å². The number of carbonyl (C=O) groups excluding carboxylic acids is 1. The van der Waals surface area contributed by atoms with Gasteiger partial charge in [0.15, 0.2) is 9.84 Å². The number of hydrogen-bond donors (Lipinski definition) is 3. The number of alkyl halides is 2. The number of nitrogens with zero attached hydrogens (tertiary/aromatic N) is 2. The average molecular weight is 524 g/mol. The van der Waals surface area contributed by atoms with Crippen molar-refractivity contribution in [2.75, 3.05) is 30.0 Å². The Morgan fingerprint density at radius 1 is 1.25 bits per heavy atom. The van der Waals surface area contributed by atoms with Gasteiger partial charge in [0, 0.05) is 48.5 Å². The first kappa shape index (κ1) is 25.9. The van der Waals surface area contributed by atoms with Crippen LogP contribution in [0, 0.1) is 5.41 Å². The predicted molar refractivity (Wildman–Crippen MR) is 128 cm³/mol. The van der Waals surface area contributed by atoms with Gasteiger partial charge < -0.3 is 20.1 Å². The van der Waals surface area contributed by atoms with Crippen LogP contribution >= 0.6 is 0 Å². The monoisotopic (exact) mass is 523 g/mol. The van der Waals surface area contributed by atoms with Gasteiger partial charge in [-0.1, -0.05) is 0 Å². The Kier molecular flexibility index (Phi) is 7.50. The van der Waals surface area contributed by atoms with Gasteiger partial charge in [-0.2, -0.15) is 8.78 Å². The number of amides is 1. The van der Waals surface area contributed by atoms with Crippen molar-refractivity contribution < 1.29 is 31.5 Å². The van der Waals surface area contributed by atoms with E-state index in [1.54, 1.807) is 6.92 Å². The average Bonchev–Trinajstić information content (AvgIpc) is 3.11. The van der Waals surface area contributed by atoms with E-state index in [0.717, 1.165) is 6.20 Å². The number of hydrogen-bond acceptors (Lipinski definition) is 9. The predicted octanol–water partition coefficient (Wildman–Crippen LogP) is 2.39. The standard InChI is InChI=1S/C23H27F2N5O5S/c1-23(4-7-36(32,33)13-23)30-21(31)19-9-18(29-15-2-5-34-6-3-15)17(12-28-19)20(26)14-8-16(11-27-10-14)35-22(24)25/h8-12,15,22,26H,2-7,13H2,1H3,(H,28,29)(H,30,31)/t23-/m0/s1. The third-order valence-electron chi connectivity index (χ3n) is 6.13. The second kappa shape index (κ2) is 10.4. The molecule has 36 heavy (non-hydrogen) atoms. The van der Waals surface area contributed by atoms with Gasteiger partial charge in [-0.05, 0) is 38.3 Å². The molecule has 0 aliphatic carbocycles. The summed E-state index contributed by atoms with van der Waals surface area (Å²) in [6, 6.07) is 2.81. The van der Waals surface area contributed by atoms with E-state index in [2.05, 4.69) is 25.3 Å². The maximum atomic E-state index is 13.0. The van der Waals surface area contributed by atoms with Crippen LogP contribution in [0.3, 0.4) is 0 Å². The maximum Gasteiger partial charge on any atom is 0.387 e. The second-order valence-electron chi connectivity index (χ2n) is 9.17. The molecule has 2 aliphatic heterocycles. The minimum absolute atomic E-state index is 0.00619. The minimum Gasteiger partial charge on any atom is -0.433 e. The van der Waals surface area contributed by atoms with E-state index in [9.17, 15) is 22.0 Å². The molecule has 0 radical (unpaired) electrons. The number of pyridine rings is 2. The summed E-state index contributed by atoms with van der Waals surface area (Å²) in [5.41, 5.74) is 0.129. The number of ether oxygens (including phenoxy) is 2. The second-order valence-corrected chi connectivity index (χ2v) is 11.3. The van der Waals surface area contributed by atoms with Crippen molar-refractivity contribution in [3.8, 4) is 5.75 Å². The van der Waals surface area contributed by atoms with Gasteiger partial charge in [0.05, 0.1) is 29.0 Å². The molecule has 2 aromatic heterocycles. The van der Waals surface area contributed by atoms with Gasteiger partial charge in [-0.3, -0.25) is 20.2 Å². The Morgan fingerprint density at radius 3 is 2.67 bits per heavy atom. The van der Waals surface area contributed by atoms with Crippen LogP contribution in [0.5, 0.6) is 5.75 Å². The van der Waals surface area contributed by atoms with Crippen LogP contribution in [0.25, 0.3) is 0 Å². The van der Waals surface area contributed by atoms with Crippen molar-refractivity contribution >= 4 is 27.1 Å². The quantitative estimate of drug-likeness (QED) is 0.448. The highest BCUT2D eigenvalue weighted by atomic mass is 32.2. The van der Waals surface area contributed by atoms with Crippen LogP contribution in [0.2, 0.25) is 0 Å². The number of nitrogens with one attached hydrogen (secondary N) is 3. The van der Waals surface area contributed by atoms with Gasteiger partial charge >= 0.3 is 6.61 Å². The van der Waals surface area contributed by atoms with Crippen molar-refractivity contribution in [2.24, 2.45) is 0 Å². The molecule has 0 spiro atoms. The molecule has 3 N–H and O–H groups in total. The SMILES string of the molecule is C[C@]1(NC(=O)c2cc(NC3CCOCC3)c(C(=N)c3cncc(OC(F)F)c3)cn2)CCS(=O)(=O)C1. The number of aromatic nitrogens is 2. The highest BCUT2D eigenvalue weighted by Crippen LogP contribution is 2.26. The summed E-state index contributed by atoms with van der Waals surface area (Å²) >= 11 is 0. The molecule has 4 heterocycles. The number of halogens is 2. The summed E-state index contributed by atoms with van der Waals surface area (Å²) in [6.45, 7) is -0.223. The fraction of sp³-hybridized carbons (Fsp3) is 0.478. The van der Waals surface area contributed by atoms with Crippen LogP contribution < -0.4 is 15.4 Å². The first-order valence-corrected chi connectivity index (χ1v) is 13.2. The zero-order chi connectivity index (χ0) is 25.9. The summed E-state index contributed by atoms with van der Waals surface area (Å²) in [6.07, 6.45) is 5.56. The van der Waals surface area contributed by atoms with Gasteiger partial charge in [-0.15, -0.1) is 0 Å². The summed E-state index contributed by atoms with van der Waals surface area (Å²) in [7, 11) is -3.22. The smallest absolute Gasteiger partial charge is 0.387 e. The molecule has 2 saturated heterocycles. The highest BCUT2D eigenvalue weighted by Gasteiger charge is 2.39. The lowest BCUT2D eigenvalue weighted by atomic mass is 10.0. The number of sulfone groups is 1. The largest absolute Gasteiger partial charge is 0.433 e. The Morgan fingerprint density at radius 2 is 2.00 bits per heavy atom. The first-order valence-electron chi connectivity index (χ1n) is 11.4. The maximum absolute atomic E-state index is 13.0. The van der Waals surface area contributed by atoms with Crippen LogP contribution in [0.4, 0.5) is 14.5 Å². The molecular formula is C23H27F2N5O5S. The van der Waals surface area contributed by atoms with Crippen LogP contribution in [0.1, 0.15) is 47.8 Å². The highest BCUT2D eigenvalue weighted by molar-refractivity contribution is 7.91. The molecule has 0 aromatic carbocycles. The molecule has 0 unspecified atom stereocenters. The molecule has 13 heteroatoms. The summed E-state index contributed by atoms with van der Waals surface area (Å²) in [5.74, 6) is -0.857. The fourth-order valence-electron chi connectivity index (χ4n) is 4.29.